The molecule has 2 heterocycles. The molecule has 3 aromatic carbocycles. The van der Waals surface area contributed by atoms with Gasteiger partial charge in [-0.15, -0.1) is 0 Å². The Kier molecular flexibility index (Phi) is 5.24. The van der Waals surface area contributed by atoms with Crippen LogP contribution in [0.4, 0.5) is 27.5 Å². The van der Waals surface area contributed by atoms with Crippen molar-refractivity contribution in [2.24, 2.45) is 0 Å². The zero-order valence-corrected chi connectivity index (χ0v) is 18.0. The van der Waals surface area contributed by atoms with Crippen LogP contribution in [0.3, 0.4) is 0 Å². The van der Waals surface area contributed by atoms with Gasteiger partial charge in [0.05, 0.1) is 16.9 Å². The summed E-state index contributed by atoms with van der Waals surface area (Å²) >= 11 is 6.31. The van der Waals surface area contributed by atoms with E-state index in [0.717, 1.165) is 27.7 Å². The highest BCUT2D eigenvalue weighted by Crippen LogP contribution is 2.31. The van der Waals surface area contributed by atoms with Gasteiger partial charge in [-0.2, -0.15) is 4.98 Å². The number of nitrogen functional groups attached to an aromatic ring is 2. The van der Waals surface area contributed by atoms with E-state index in [2.05, 4.69) is 20.3 Å². The van der Waals surface area contributed by atoms with E-state index in [1.54, 1.807) is 30.3 Å². The third kappa shape index (κ3) is 4.26. The van der Waals surface area contributed by atoms with Gasteiger partial charge in [0, 0.05) is 39.0 Å². The predicted octanol–water partition coefficient (Wildman–Crippen LogP) is 6.06. The molecule has 0 fully saturated rings. The summed E-state index contributed by atoms with van der Waals surface area (Å²) in [6, 6.07) is 22.7. The molecule has 0 aliphatic rings. The van der Waals surface area contributed by atoms with E-state index in [9.17, 15) is 4.39 Å². The summed E-state index contributed by atoms with van der Waals surface area (Å²) in [6.07, 6.45) is 0. The molecule has 162 valence electrons. The van der Waals surface area contributed by atoms with Crippen LogP contribution in [0.5, 0.6) is 0 Å². The first kappa shape index (κ1) is 20.7. The van der Waals surface area contributed by atoms with Crippen LogP contribution in [0.2, 0.25) is 5.02 Å². The number of pyridine rings is 1. The van der Waals surface area contributed by atoms with Crippen LogP contribution in [0.15, 0.2) is 78.9 Å². The molecule has 6 nitrogen and oxygen atoms in total. The zero-order valence-electron chi connectivity index (χ0n) is 17.3. The lowest BCUT2D eigenvalue weighted by Crippen LogP contribution is -2.02. The van der Waals surface area contributed by atoms with Gasteiger partial charge in [0.15, 0.2) is 0 Å². The van der Waals surface area contributed by atoms with E-state index in [-0.39, 0.29) is 11.8 Å². The number of aromatic nitrogens is 3. The number of nitrogens with zero attached hydrogens (tertiary/aromatic N) is 3. The minimum absolute atomic E-state index is 0.126. The van der Waals surface area contributed by atoms with E-state index in [1.807, 2.05) is 36.4 Å². The largest absolute Gasteiger partial charge is 0.398 e. The van der Waals surface area contributed by atoms with Gasteiger partial charge in [-0.1, -0.05) is 29.8 Å². The van der Waals surface area contributed by atoms with Gasteiger partial charge in [0.1, 0.15) is 11.6 Å². The zero-order chi connectivity index (χ0) is 22.9. The van der Waals surface area contributed by atoms with Crippen molar-refractivity contribution in [2.75, 3.05) is 16.8 Å². The highest BCUT2D eigenvalue weighted by atomic mass is 35.5. The molecule has 8 heteroatoms. The normalized spacial score (nSPS) is 11.0. The number of benzene rings is 3. The number of rotatable bonds is 4. The summed E-state index contributed by atoms with van der Waals surface area (Å²) in [5, 5.41) is 4.60. The first-order valence-corrected chi connectivity index (χ1v) is 10.5. The Balaban J connectivity index is 1.49. The quantitative estimate of drug-likeness (QED) is 0.304. The fourth-order valence-electron chi connectivity index (χ4n) is 3.58. The molecule has 0 bridgehead atoms. The molecular weight excluding hydrogens is 439 g/mol. The van der Waals surface area contributed by atoms with Crippen LogP contribution in [-0.2, 0) is 0 Å². The van der Waals surface area contributed by atoms with Gasteiger partial charge in [0.25, 0.3) is 0 Å². The fraction of sp³-hybridized carbons (Fsp3) is 0. The van der Waals surface area contributed by atoms with Crippen LogP contribution in [0, 0.1) is 5.82 Å². The van der Waals surface area contributed by atoms with E-state index in [4.69, 9.17) is 23.1 Å². The second-order valence-electron chi connectivity index (χ2n) is 7.44. The van der Waals surface area contributed by atoms with Gasteiger partial charge >= 0.3 is 0 Å². The number of hydrogen-bond acceptors (Lipinski definition) is 6. The topological polar surface area (TPSA) is 103 Å². The maximum absolute atomic E-state index is 13.2. The second kappa shape index (κ2) is 8.37. The van der Waals surface area contributed by atoms with Crippen LogP contribution in [0.25, 0.3) is 33.4 Å². The van der Waals surface area contributed by atoms with Gasteiger partial charge in [0.2, 0.25) is 5.95 Å². The van der Waals surface area contributed by atoms with Crippen LogP contribution in [-0.4, -0.2) is 15.0 Å². The Hall–Kier alpha value is -4.23. The minimum atomic E-state index is -0.300. The van der Waals surface area contributed by atoms with Gasteiger partial charge < -0.3 is 16.8 Å². The molecule has 2 aromatic heterocycles. The summed E-state index contributed by atoms with van der Waals surface area (Å²) in [4.78, 5) is 13.3. The SMILES string of the molecule is Nc1nc(Nc2ccc3nc(-c4ccc(F)cc4)cc(N)c3c2)cc(-c2ccccc2Cl)n1. The highest BCUT2D eigenvalue weighted by Gasteiger charge is 2.10. The Morgan fingerprint density at radius 2 is 1.58 bits per heavy atom. The summed E-state index contributed by atoms with van der Waals surface area (Å²) in [5.41, 5.74) is 17.1. The minimum Gasteiger partial charge on any atom is -0.398 e. The van der Waals surface area contributed by atoms with Gasteiger partial charge in [-0.05, 0) is 54.6 Å². The first-order chi connectivity index (χ1) is 16.0. The standard InChI is InChI=1S/C25H18ClFN6/c26-19-4-2-1-3-17(19)23-13-24(33-25(29)32-23)30-16-9-10-21-18(11-16)20(28)12-22(31-21)14-5-7-15(27)8-6-14/h1-13H,(H2,28,31)(H3,29,30,32,33). The van der Waals surface area contributed by atoms with E-state index < -0.39 is 0 Å². The number of fused-ring (bicyclic) bond motifs is 1. The van der Waals surface area contributed by atoms with Crippen LogP contribution >= 0.6 is 11.6 Å². The lowest BCUT2D eigenvalue weighted by atomic mass is 10.1. The van der Waals surface area contributed by atoms with Crippen molar-refractivity contribution >= 4 is 45.6 Å². The van der Waals surface area contributed by atoms with Crippen molar-refractivity contribution < 1.29 is 4.39 Å². The smallest absolute Gasteiger partial charge is 0.222 e. The Bertz CT molecular complexity index is 1490. The van der Waals surface area contributed by atoms with Crippen molar-refractivity contribution in [1.29, 1.82) is 0 Å². The molecule has 0 unspecified atom stereocenters. The molecule has 0 saturated carbocycles. The summed E-state index contributed by atoms with van der Waals surface area (Å²) < 4.78 is 13.2. The number of anilines is 4. The molecule has 5 N–H and O–H groups in total. The van der Waals surface area contributed by atoms with Crippen molar-refractivity contribution in [3.05, 3.63) is 89.7 Å². The molecule has 0 radical (unpaired) electrons. The molecule has 0 saturated heterocycles. The molecule has 0 aliphatic carbocycles. The molecular formula is C25H18ClFN6. The third-order valence-corrected chi connectivity index (χ3v) is 5.48. The summed E-state index contributed by atoms with van der Waals surface area (Å²) in [6.45, 7) is 0. The van der Waals surface area contributed by atoms with Crippen molar-refractivity contribution in [1.82, 2.24) is 15.0 Å². The molecule has 5 aromatic rings. The number of hydrogen-bond donors (Lipinski definition) is 3. The molecule has 0 amide bonds. The van der Waals surface area contributed by atoms with E-state index in [0.29, 0.717) is 27.9 Å². The molecule has 33 heavy (non-hydrogen) atoms. The molecule has 0 spiro atoms. The highest BCUT2D eigenvalue weighted by molar-refractivity contribution is 6.33. The number of halogens is 2. The first-order valence-electron chi connectivity index (χ1n) is 10.1. The predicted molar refractivity (Wildman–Crippen MR) is 132 cm³/mol. The van der Waals surface area contributed by atoms with Crippen LogP contribution < -0.4 is 16.8 Å². The van der Waals surface area contributed by atoms with Gasteiger partial charge in [-0.3, -0.25) is 0 Å². The number of nitrogens with one attached hydrogen (secondary N) is 1. The Labute approximate surface area is 194 Å². The lowest BCUT2D eigenvalue weighted by molar-refractivity contribution is 0.628. The summed E-state index contributed by atoms with van der Waals surface area (Å²) in [5.74, 6) is 0.346. The average Bonchev–Trinajstić information content (AvgIpc) is 2.80. The van der Waals surface area contributed by atoms with Crippen molar-refractivity contribution in [3.63, 3.8) is 0 Å². The van der Waals surface area contributed by atoms with Crippen molar-refractivity contribution in [3.8, 4) is 22.5 Å². The molecule has 5 rings (SSSR count). The van der Waals surface area contributed by atoms with Gasteiger partial charge in [-0.25, -0.2) is 14.4 Å². The maximum atomic E-state index is 13.2. The number of nitrogens with two attached hydrogens (primary N) is 2. The van der Waals surface area contributed by atoms with Crippen molar-refractivity contribution in [2.45, 2.75) is 0 Å². The average molecular weight is 457 g/mol. The summed E-state index contributed by atoms with van der Waals surface area (Å²) in [7, 11) is 0. The monoisotopic (exact) mass is 456 g/mol. The fourth-order valence-corrected chi connectivity index (χ4v) is 3.82. The van der Waals surface area contributed by atoms with E-state index >= 15 is 0 Å². The third-order valence-electron chi connectivity index (χ3n) is 5.15. The van der Waals surface area contributed by atoms with Crippen LogP contribution in [0.1, 0.15) is 0 Å². The molecule has 0 atom stereocenters. The Morgan fingerprint density at radius 1 is 0.788 bits per heavy atom. The Morgan fingerprint density at radius 3 is 2.36 bits per heavy atom. The lowest BCUT2D eigenvalue weighted by Gasteiger charge is -2.12. The second-order valence-corrected chi connectivity index (χ2v) is 7.84. The van der Waals surface area contributed by atoms with E-state index in [1.165, 1.54) is 12.1 Å². The molecule has 0 aliphatic heterocycles. The maximum Gasteiger partial charge on any atom is 0.222 e.